The third-order valence-corrected chi connectivity index (χ3v) is 4.73. The van der Waals surface area contributed by atoms with Crippen molar-refractivity contribution >= 4 is 0 Å². The maximum absolute atomic E-state index is 4.08. The van der Waals surface area contributed by atoms with Gasteiger partial charge in [-0.2, -0.15) is 0 Å². The summed E-state index contributed by atoms with van der Waals surface area (Å²) in [6.45, 7) is 5.61. The second-order valence-electron chi connectivity index (χ2n) is 6.43. The maximum Gasteiger partial charge on any atom is 0.0270 e. The van der Waals surface area contributed by atoms with Gasteiger partial charge in [0.25, 0.3) is 0 Å². The third kappa shape index (κ3) is 5.76. The molecule has 3 heteroatoms. The first-order chi connectivity index (χ1) is 10.3. The van der Waals surface area contributed by atoms with Gasteiger partial charge in [-0.1, -0.05) is 26.2 Å². The highest BCUT2D eigenvalue weighted by molar-refractivity contribution is 5.09. The van der Waals surface area contributed by atoms with Crippen LogP contribution in [0, 0.1) is 5.92 Å². The fraction of sp³-hybridized carbons (Fsp3) is 0.722. The molecule has 118 valence electrons. The molecule has 0 bridgehead atoms. The van der Waals surface area contributed by atoms with Crippen LogP contribution in [0.5, 0.6) is 0 Å². The molecular weight excluding hydrogens is 258 g/mol. The molecule has 1 atom stereocenters. The fourth-order valence-electron chi connectivity index (χ4n) is 3.48. The molecule has 1 heterocycles. The van der Waals surface area contributed by atoms with Crippen LogP contribution in [-0.4, -0.2) is 42.6 Å². The lowest BCUT2D eigenvalue weighted by Crippen LogP contribution is -2.45. The molecule has 0 aromatic carbocycles. The number of pyridine rings is 1. The zero-order valence-electron chi connectivity index (χ0n) is 13.7. The first-order valence-corrected chi connectivity index (χ1v) is 8.60. The average molecular weight is 289 g/mol. The Hall–Kier alpha value is -0.930. The summed E-state index contributed by atoms with van der Waals surface area (Å²) in [5.41, 5.74) is 1.38. The van der Waals surface area contributed by atoms with Crippen LogP contribution in [-0.2, 0) is 6.42 Å². The highest BCUT2D eigenvalue weighted by Crippen LogP contribution is 2.26. The van der Waals surface area contributed by atoms with Crippen molar-refractivity contribution in [2.75, 3.05) is 26.7 Å². The Balaban J connectivity index is 1.78. The Morgan fingerprint density at radius 1 is 1.24 bits per heavy atom. The molecule has 1 aromatic heterocycles. The Morgan fingerprint density at radius 2 is 1.95 bits per heavy atom. The van der Waals surface area contributed by atoms with Crippen LogP contribution >= 0.6 is 0 Å². The lowest BCUT2D eigenvalue weighted by molar-refractivity contribution is 0.207. The Bertz CT molecular complexity index is 373. The number of nitrogens with zero attached hydrogens (tertiary/aromatic N) is 2. The van der Waals surface area contributed by atoms with Gasteiger partial charge in [0.1, 0.15) is 0 Å². The topological polar surface area (TPSA) is 28.2 Å². The summed E-state index contributed by atoms with van der Waals surface area (Å²) in [4.78, 5) is 6.57. The summed E-state index contributed by atoms with van der Waals surface area (Å²) < 4.78 is 0. The lowest BCUT2D eigenvalue weighted by Gasteiger charge is -2.33. The molecule has 1 fully saturated rings. The van der Waals surface area contributed by atoms with Gasteiger partial charge in [-0.15, -0.1) is 0 Å². The largest absolute Gasteiger partial charge is 0.313 e. The van der Waals surface area contributed by atoms with E-state index >= 15 is 0 Å². The molecule has 2 rings (SSSR count). The van der Waals surface area contributed by atoms with E-state index in [2.05, 4.69) is 41.3 Å². The van der Waals surface area contributed by atoms with Gasteiger partial charge in [0, 0.05) is 31.5 Å². The van der Waals surface area contributed by atoms with Crippen LogP contribution in [0.2, 0.25) is 0 Å². The molecule has 1 unspecified atom stereocenters. The van der Waals surface area contributed by atoms with E-state index < -0.39 is 0 Å². The van der Waals surface area contributed by atoms with Gasteiger partial charge >= 0.3 is 0 Å². The van der Waals surface area contributed by atoms with Gasteiger partial charge in [-0.25, -0.2) is 0 Å². The highest BCUT2D eigenvalue weighted by Gasteiger charge is 2.23. The summed E-state index contributed by atoms with van der Waals surface area (Å²) in [6.07, 6.45) is 12.0. The maximum atomic E-state index is 4.08. The van der Waals surface area contributed by atoms with E-state index in [1.54, 1.807) is 0 Å². The SMILES string of the molecule is CCNC(CN(C)CCc1ccncc1)C1CCCCC1. The number of aromatic nitrogens is 1. The number of rotatable bonds is 8. The van der Waals surface area contributed by atoms with E-state index in [9.17, 15) is 0 Å². The van der Waals surface area contributed by atoms with Crippen LogP contribution < -0.4 is 5.32 Å². The molecule has 1 aromatic rings. The lowest BCUT2D eigenvalue weighted by atomic mass is 9.83. The molecule has 1 aliphatic carbocycles. The van der Waals surface area contributed by atoms with Gasteiger partial charge in [0.15, 0.2) is 0 Å². The van der Waals surface area contributed by atoms with Crippen molar-refractivity contribution in [3.05, 3.63) is 30.1 Å². The summed E-state index contributed by atoms with van der Waals surface area (Å²) >= 11 is 0. The van der Waals surface area contributed by atoms with Crippen molar-refractivity contribution in [2.45, 2.75) is 51.5 Å². The highest BCUT2D eigenvalue weighted by atomic mass is 15.1. The van der Waals surface area contributed by atoms with Gasteiger partial charge in [-0.05, 0) is 56.5 Å². The van der Waals surface area contributed by atoms with E-state index in [-0.39, 0.29) is 0 Å². The zero-order valence-corrected chi connectivity index (χ0v) is 13.7. The van der Waals surface area contributed by atoms with Crippen molar-refractivity contribution in [1.82, 2.24) is 15.2 Å². The Morgan fingerprint density at radius 3 is 2.62 bits per heavy atom. The number of hydrogen-bond acceptors (Lipinski definition) is 3. The minimum absolute atomic E-state index is 0.665. The molecular formula is C18H31N3. The molecule has 0 amide bonds. The van der Waals surface area contributed by atoms with E-state index in [0.717, 1.165) is 25.4 Å². The summed E-state index contributed by atoms with van der Waals surface area (Å²) in [5.74, 6) is 0.877. The van der Waals surface area contributed by atoms with Gasteiger partial charge in [-0.3, -0.25) is 4.98 Å². The zero-order chi connectivity index (χ0) is 14.9. The smallest absolute Gasteiger partial charge is 0.0270 e. The number of nitrogens with one attached hydrogen (secondary N) is 1. The van der Waals surface area contributed by atoms with Crippen LogP contribution in [0.25, 0.3) is 0 Å². The Kier molecular flexibility index (Phi) is 7.17. The van der Waals surface area contributed by atoms with Gasteiger partial charge in [0.05, 0.1) is 0 Å². The molecule has 21 heavy (non-hydrogen) atoms. The van der Waals surface area contributed by atoms with Crippen molar-refractivity contribution in [3.8, 4) is 0 Å². The van der Waals surface area contributed by atoms with Crippen LogP contribution in [0.3, 0.4) is 0 Å². The standard InChI is InChI=1S/C18H31N3/c1-3-20-18(17-7-5-4-6-8-17)15-21(2)14-11-16-9-12-19-13-10-16/h9-10,12-13,17-18,20H,3-8,11,14-15H2,1-2H3. The van der Waals surface area contributed by atoms with Crippen molar-refractivity contribution in [1.29, 1.82) is 0 Å². The van der Waals surface area contributed by atoms with E-state index in [4.69, 9.17) is 0 Å². The van der Waals surface area contributed by atoms with Crippen LogP contribution in [0.1, 0.15) is 44.6 Å². The fourth-order valence-corrected chi connectivity index (χ4v) is 3.48. The summed E-state index contributed by atoms with van der Waals surface area (Å²) in [5, 5.41) is 3.73. The molecule has 1 aliphatic rings. The predicted molar refractivity (Wildman–Crippen MR) is 89.5 cm³/mol. The van der Waals surface area contributed by atoms with Crippen molar-refractivity contribution in [3.63, 3.8) is 0 Å². The van der Waals surface area contributed by atoms with Gasteiger partial charge < -0.3 is 10.2 Å². The van der Waals surface area contributed by atoms with E-state index in [1.165, 1.54) is 44.2 Å². The van der Waals surface area contributed by atoms with E-state index in [0.29, 0.717) is 6.04 Å². The quantitative estimate of drug-likeness (QED) is 0.797. The summed E-state index contributed by atoms with van der Waals surface area (Å²) in [7, 11) is 2.26. The Labute approximate surface area is 130 Å². The first kappa shape index (κ1) is 16.4. The molecule has 3 nitrogen and oxygen atoms in total. The third-order valence-electron chi connectivity index (χ3n) is 4.73. The van der Waals surface area contributed by atoms with Crippen LogP contribution in [0.15, 0.2) is 24.5 Å². The second-order valence-corrected chi connectivity index (χ2v) is 6.43. The molecule has 0 spiro atoms. The second kappa shape index (κ2) is 9.16. The monoisotopic (exact) mass is 289 g/mol. The summed E-state index contributed by atoms with van der Waals surface area (Å²) in [6, 6.07) is 4.91. The van der Waals surface area contributed by atoms with Gasteiger partial charge in [0.2, 0.25) is 0 Å². The molecule has 0 aliphatic heterocycles. The number of likely N-dealkylation sites (N-methyl/N-ethyl adjacent to an activating group) is 2. The minimum Gasteiger partial charge on any atom is -0.313 e. The van der Waals surface area contributed by atoms with E-state index in [1.807, 2.05) is 12.4 Å². The molecule has 0 saturated heterocycles. The van der Waals surface area contributed by atoms with Crippen molar-refractivity contribution in [2.24, 2.45) is 5.92 Å². The number of hydrogen-bond donors (Lipinski definition) is 1. The first-order valence-electron chi connectivity index (χ1n) is 8.60. The van der Waals surface area contributed by atoms with Crippen molar-refractivity contribution < 1.29 is 0 Å². The molecule has 1 N–H and O–H groups in total. The van der Waals surface area contributed by atoms with Crippen LogP contribution in [0.4, 0.5) is 0 Å². The molecule has 1 saturated carbocycles. The predicted octanol–water partition coefficient (Wildman–Crippen LogP) is 3.11. The average Bonchev–Trinajstić information content (AvgIpc) is 2.54. The molecule has 0 radical (unpaired) electrons. The minimum atomic E-state index is 0.665. The normalized spacial score (nSPS) is 18.0.